The molecule has 0 spiro atoms. The van der Waals surface area contributed by atoms with E-state index in [0.717, 1.165) is 15.4 Å². The SMILES string of the molecule is C=CC1(c2ccccc2)CCN(S(=O)(=O)c2ccc(C)cc2)C(=O)O1. The summed E-state index contributed by atoms with van der Waals surface area (Å²) in [4.78, 5) is 12.6. The van der Waals surface area contributed by atoms with Gasteiger partial charge in [0.05, 0.1) is 4.90 Å². The van der Waals surface area contributed by atoms with E-state index in [9.17, 15) is 13.2 Å². The molecule has 0 aromatic heterocycles. The number of rotatable bonds is 4. The number of carbonyl (C=O) groups is 1. The highest BCUT2D eigenvalue weighted by molar-refractivity contribution is 7.89. The van der Waals surface area contributed by atoms with Crippen molar-refractivity contribution in [2.24, 2.45) is 0 Å². The number of benzene rings is 2. The van der Waals surface area contributed by atoms with Gasteiger partial charge in [-0.1, -0.05) is 54.6 Å². The van der Waals surface area contributed by atoms with E-state index in [-0.39, 0.29) is 11.4 Å². The van der Waals surface area contributed by atoms with Gasteiger partial charge in [-0.05, 0) is 30.7 Å². The number of amides is 1. The summed E-state index contributed by atoms with van der Waals surface area (Å²) in [7, 11) is -3.94. The standard InChI is InChI=1S/C19H19NO4S/c1-3-19(16-7-5-4-6-8-16)13-14-20(18(21)24-19)25(22,23)17-11-9-15(2)10-12-17/h3-12H,1,13-14H2,2H3. The second-order valence-electron chi connectivity index (χ2n) is 5.97. The van der Waals surface area contributed by atoms with Crippen LogP contribution < -0.4 is 0 Å². The van der Waals surface area contributed by atoms with E-state index >= 15 is 0 Å². The Bertz CT molecular complexity index is 891. The van der Waals surface area contributed by atoms with Crippen LogP contribution in [0.15, 0.2) is 72.1 Å². The van der Waals surface area contributed by atoms with Crippen LogP contribution in [-0.2, 0) is 20.4 Å². The monoisotopic (exact) mass is 357 g/mol. The van der Waals surface area contributed by atoms with Gasteiger partial charge >= 0.3 is 6.09 Å². The highest BCUT2D eigenvalue weighted by atomic mass is 32.2. The minimum Gasteiger partial charge on any atom is -0.433 e. The second-order valence-corrected chi connectivity index (χ2v) is 7.83. The van der Waals surface area contributed by atoms with Gasteiger partial charge in [0, 0.05) is 13.0 Å². The van der Waals surface area contributed by atoms with E-state index in [1.807, 2.05) is 37.3 Å². The van der Waals surface area contributed by atoms with Gasteiger partial charge in [-0.2, -0.15) is 0 Å². The predicted octanol–water partition coefficient (Wildman–Crippen LogP) is 3.61. The third-order valence-electron chi connectivity index (χ3n) is 4.36. The van der Waals surface area contributed by atoms with Crippen LogP contribution in [0.5, 0.6) is 0 Å². The summed E-state index contributed by atoms with van der Waals surface area (Å²) >= 11 is 0. The smallest absolute Gasteiger partial charge is 0.425 e. The lowest BCUT2D eigenvalue weighted by atomic mass is 9.89. The summed E-state index contributed by atoms with van der Waals surface area (Å²) in [5, 5.41) is 0. The molecule has 2 aromatic carbocycles. The molecule has 1 atom stereocenters. The van der Waals surface area contributed by atoms with Gasteiger partial charge < -0.3 is 4.74 Å². The molecule has 1 saturated heterocycles. The quantitative estimate of drug-likeness (QED) is 0.784. The Balaban J connectivity index is 1.90. The van der Waals surface area contributed by atoms with Gasteiger partial charge in [0.15, 0.2) is 5.60 Å². The Hall–Kier alpha value is -2.60. The number of hydrogen-bond acceptors (Lipinski definition) is 4. The topological polar surface area (TPSA) is 63.7 Å². The predicted molar refractivity (Wildman–Crippen MR) is 94.5 cm³/mol. The summed E-state index contributed by atoms with van der Waals surface area (Å²) in [6, 6.07) is 15.6. The Kier molecular flexibility index (Phi) is 4.39. The van der Waals surface area contributed by atoms with E-state index in [4.69, 9.17) is 4.74 Å². The number of hydrogen-bond donors (Lipinski definition) is 0. The van der Waals surface area contributed by atoms with E-state index in [1.54, 1.807) is 18.2 Å². The molecule has 130 valence electrons. The molecular formula is C19H19NO4S. The molecule has 0 N–H and O–H groups in total. The fraction of sp³-hybridized carbons (Fsp3) is 0.211. The molecule has 1 heterocycles. The van der Waals surface area contributed by atoms with Crippen molar-refractivity contribution in [2.45, 2.75) is 23.8 Å². The van der Waals surface area contributed by atoms with Crippen molar-refractivity contribution in [3.05, 3.63) is 78.4 Å². The van der Waals surface area contributed by atoms with Crippen molar-refractivity contribution >= 4 is 16.1 Å². The van der Waals surface area contributed by atoms with Crippen molar-refractivity contribution in [3.63, 3.8) is 0 Å². The van der Waals surface area contributed by atoms with Gasteiger partial charge in [0.1, 0.15) is 0 Å². The number of nitrogens with zero attached hydrogens (tertiary/aromatic N) is 1. The van der Waals surface area contributed by atoms with Crippen molar-refractivity contribution in [1.29, 1.82) is 0 Å². The van der Waals surface area contributed by atoms with Gasteiger partial charge in [-0.15, -0.1) is 0 Å². The van der Waals surface area contributed by atoms with E-state index < -0.39 is 21.7 Å². The Morgan fingerprint density at radius 2 is 1.76 bits per heavy atom. The lowest BCUT2D eigenvalue weighted by Crippen LogP contribution is -2.49. The minimum absolute atomic E-state index is 0.0238. The molecule has 0 aliphatic carbocycles. The Labute approximate surface area is 147 Å². The van der Waals surface area contributed by atoms with Crippen molar-refractivity contribution in [3.8, 4) is 0 Å². The maximum atomic E-state index is 12.7. The van der Waals surface area contributed by atoms with Gasteiger partial charge in [0.25, 0.3) is 10.0 Å². The summed E-state index contributed by atoms with van der Waals surface area (Å²) in [6.07, 6.45) is 0.962. The molecule has 1 amide bonds. The highest BCUT2D eigenvalue weighted by Crippen LogP contribution is 2.36. The molecule has 6 heteroatoms. The van der Waals surface area contributed by atoms with Crippen LogP contribution in [-0.4, -0.2) is 25.4 Å². The first kappa shape index (κ1) is 17.2. The Morgan fingerprint density at radius 3 is 2.32 bits per heavy atom. The molecule has 1 aliphatic heterocycles. The number of ether oxygens (including phenoxy) is 1. The molecule has 5 nitrogen and oxygen atoms in total. The zero-order valence-electron chi connectivity index (χ0n) is 13.9. The Morgan fingerprint density at radius 1 is 1.12 bits per heavy atom. The van der Waals surface area contributed by atoms with E-state index in [2.05, 4.69) is 6.58 Å². The molecule has 0 saturated carbocycles. The number of sulfonamides is 1. The molecule has 1 aliphatic rings. The van der Waals surface area contributed by atoms with Crippen molar-refractivity contribution in [1.82, 2.24) is 4.31 Å². The van der Waals surface area contributed by atoms with E-state index in [0.29, 0.717) is 6.42 Å². The fourth-order valence-electron chi connectivity index (χ4n) is 2.86. The first-order valence-electron chi connectivity index (χ1n) is 7.90. The summed E-state index contributed by atoms with van der Waals surface area (Å²) in [5.41, 5.74) is 0.693. The zero-order valence-corrected chi connectivity index (χ0v) is 14.7. The molecule has 25 heavy (non-hydrogen) atoms. The van der Waals surface area contributed by atoms with Crippen LogP contribution in [0.4, 0.5) is 4.79 Å². The van der Waals surface area contributed by atoms with Crippen molar-refractivity contribution in [2.75, 3.05) is 6.54 Å². The van der Waals surface area contributed by atoms with Gasteiger partial charge in [-0.25, -0.2) is 17.5 Å². The number of carbonyl (C=O) groups excluding carboxylic acids is 1. The first-order chi connectivity index (χ1) is 11.9. The van der Waals surface area contributed by atoms with Crippen LogP contribution in [0.3, 0.4) is 0 Å². The highest BCUT2D eigenvalue weighted by Gasteiger charge is 2.44. The molecule has 0 bridgehead atoms. The lowest BCUT2D eigenvalue weighted by Gasteiger charge is -2.38. The van der Waals surface area contributed by atoms with Crippen molar-refractivity contribution < 1.29 is 17.9 Å². The summed E-state index contributed by atoms with van der Waals surface area (Å²) < 4.78 is 31.8. The summed E-state index contributed by atoms with van der Waals surface area (Å²) in [5.74, 6) is 0. The van der Waals surface area contributed by atoms with Crippen LogP contribution in [0.1, 0.15) is 17.5 Å². The normalized spacial score (nSPS) is 20.8. The number of cyclic esters (lactones) is 1. The van der Waals surface area contributed by atoms with Crippen LogP contribution in [0.25, 0.3) is 0 Å². The van der Waals surface area contributed by atoms with Crippen LogP contribution in [0, 0.1) is 6.92 Å². The third-order valence-corrected chi connectivity index (χ3v) is 6.14. The molecule has 1 fully saturated rings. The molecule has 1 unspecified atom stereocenters. The average Bonchev–Trinajstić information content (AvgIpc) is 2.62. The number of aryl methyl sites for hydroxylation is 1. The minimum atomic E-state index is -3.94. The largest absolute Gasteiger partial charge is 0.433 e. The third kappa shape index (κ3) is 3.05. The molecule has 2 aromatic rings. The second kappa shape index (κ2) is 6.37. The lowest BCUT2D eigenvalue weighted by molar-refractivity contribution is -0.00230. The maximum absolute atomic E-state index is 12.7. The van der Waals surface area contributed by atoms with Gasteiger partial charge in [0.2, 0.25) is 0 Å². The van der Waals surface area contributed by atoms with Crippen LogP contribution >= 0.6 is 0 Å². The maximum Gasteiger partial charge on any atom is 0.425 e. The first-order valence-corrected chi connectivity index (χ1v) is 9.34. The fourth-order valence-corrected chi connectivity index (χ4v) is 4.16. The molecular weight excluding hydrogens is 338 g/mol. The summed E-state index contributed by atoms with van der Waals surface area (Å²) in [6.45, 7) is 5.67. The van der Waals surface area contributed by atoms with Crippen LogP contribution in [0.2, 0.25) is 0 Å². The average molecular weight is 357 g/mol. The molecule has 0 radical (unpaired) electrons. The molecule has 3 rings (SSSR count). The van der Waals surface area contributed by atoms with E-state index in [1.165, 1.54) is 12.1 Å². The van der Waals surface area contributed by atoms with Gasteiger partial charge in [-0.3, -0.25) is 0 Å². The zero-order chi connectivity index (χ0) is 18.1.